The van der Waals surface area contributed by atoms with E-state index in [9.17, 15) is 9.59 Å². The highest BCUT2D eigenvalue weighted by Crippen LogP contribution is 2.36. The number of Topliss-reactive ketones (excluding diaryl/α,β-unsaturated/α-hetero) is 1. The molecule has 4 rings (SSSR count). The number of ether oxygens (including phenoxy) is 1. The molecule has 3 aromatic rings. The molecule has 1 aliphatic heterocycles. The average Bonchev–Trinajstić information content (AvgIpc) is 3.17. The Kier molecular flexibility index (Phi) is 5.73. The number of nitrogens with zero attached hydrogens (tertiary/aromatic N) is 2. The van der Waals surface area contributed by atoms with Crippen LogP contribution < -0.4 is 10.6 Å². The van der Waals surface area contributed by atoms with E-state index in [0.29, 0.717) is 13.0 Å². The third-order valence-electron chi connectivity index (χ3n) is 5.95. The molecule has 8 heteroatoms. The first-order valence-electron chi connectivity index (χ1n) is 10.4. The first-order chi connectivity index (χ1) is 14.9. The average molecular weight is 422 g/mol. The molecular formula is C23H27N5O3. The number of aromatic amines is 1. The van der Waals surface area contributed by atoms with Crippen LogP contribution in [0.1, 0.15) is 41.4 Å². The molecule has 2 unspecified atom stereocenters. The molecule has 8 nitrogen and oxygen atoms in total. The Hall–Kier alpha value is -3.26. The Balaban J connectivity index is 1.69. The normalized spacial score (nSPS) is 21.1. The van der Waals surface area contributed by atoms with E-state index in [1.54, 1.807) is 0 Å². The number of carbonyl (C=O) groups is 2. The van der Waals surface area contributed by atoms with Gasteiger partial charge < -0.3 is 9.72 Å². The van der Waals surface area contributed by atoms with E-state index in [1.807, 2.05) is 50.4 Å². The molecule has 1 saturated heterocycles. The Morgan fingerprint density at radius 3 is 2.77 bits per heavy atom. The number of carbonyl (C=O) groups excluding carboxylic acids is 2. The van der Waals surface area contributed by atoms with Crippen molar-refractivity contribution in [2.24, 2.45) is 0 Å². The number of hydrogen-bond acceptors (Lipinski definition) is 6. The zero-order valence-corrected chi connectivity index (χ0v) is 18.0. The highest BCUT2D eigenvalue weighted by atomic mass is 16.5. The van der Waals surface area contributed by atoms with Crippen molar-refractivity contribution in [2.45, 2.75) is 44.7 Å². The number of aromatic nitrogens is 3. The molecule has 0 bridgehead atoms. The van der Waals surface area contributed by atoms with Gasteiger partial charge in [-0.05, 0) is 50.3 Å². The van der Waals surface area contributed by atoms with Gasteiger partial charge in [0.1, 0.15) is 11.3 Å². The van der Waals surface area contributed by atoms with Crippen LogP contribution >= 0.6 is 0 Å². The van der Waals surface area contributed by atoms with Gasteiger partial charge >= 0.3 is 6.09 Å². The van der Waals surface area contributed by atoms with Gasteiger partial charge in [0.2, 0.25) is 0 Å². The molecule has 1 fully saturated rings. The largest absolute Gasteiger partial charge is 0.453 e. The predicted molar refractivity (Wildman–Crippen MR) is 117 cm³/mol. The summed E-state index contributed by atoms with van der Waals surface area (Å²) in [5.74, 6) is 0.722. The van der Waals surface area contributed by atoms with E-state index in [0.717, 1.165) is 40.1 Å². The van der Waals surface area contributed by atoms with Crippen LogP contribution in [-0.2, 0) is 16.0 Å². The molecule has 3 N–H and O–H groups in total. The third kappa shape index (κ3) is 4.16. The number of aryl methyl sites for hydroxylation is 2. The summed E-state index contributed by atoms with van der Waals surface area (Å²) in [7, 11) is 1.30. The molecule has 2 atom stereocenters. The molecule has 3 heterocycles. The van der Waals surface area contributed by atoms with Crippen LogP contribution in [0, 0.1) is 13.8 Å². The lowest BCUT2D eigenvalue weighted by Crippen LogP contribution is -2.67. The molecule has 1 amide bonds. The van der Waals surface area contributed by atoms with Gasteiger partial charge in [-0.25, -0.2) is 9.78 Å². The van der Waals surface area contributed by atoms with Crippen LogP contribution in [0.4, 0.5) is 4.79 Å². The van der Waals surface area contributed by atoms with E-state index in [2.05, 4.69) is 25.6 Å². The minimum atomic E-state index is -1.22. The maximum atomic E-state index is 13.5. The monoisotopic (exact) mass is 421 g/mol. The van der Waals surface area contributed by atoms with Gasteiger partial charge in [0.25, 0.3) is 0 Å². The number of ketones is 1. The Morgan fingerprint density at radius 1 is 1.26 bits per heavy atom. The second-order valence-electron chi connectivity index (χ2n) is 8.07. The maximum Gasteiger partial charge on any atom is 0.408 e. The van der Waals surface area contributed by atoms with Crippen molar-refractivity contribution >= 4 is 22.9 Å². The quantitative estimate of drug-likeness (QED) is 0.584. The minimum absolute atomic E-state index is 0.00794. The fraction of sp³-hybridized carbons (Fsp3) is 0.391. The van der Waals surface area contributed by atoms with Crippen molar-refractivity contribution in [1.29, 1.82) is 0 Å². The highest BCUT2D eigenvalue weighted by molar-refractivity contribution is 5.93. The van der Waals surface area contributed by atoms with Crippen LogP contribution in [0.5, 0.6) is 0 Å². The Bertz CT molecular complexity index is 1110. The fourth-order valence-electron chi connectivity index (χ4n) is 4.37. The van der Waals surface area contributed by atoms with E-state index in [4.69, 9.17) is 4.74 Å². The highest BCUT2D eigenvalue weighted by Gasteiger charge is 2.44. The lowest BCUT2D eigenvalue weighted by atomic mass is 9.80. The van der Waals surface area contributed by atoms with Crippen LogP contribution in [0.3, 0.4) is 0 Å². The van der Waals surface area contributed by atoms with Crippen molar-refractivity contribution in [2.75, 3.05) is 13.7 Å². The molecule has 0 aliphatic carbocycles. The number of H-pyrrole nitrogens is 1. The van der Waals surface area contributed by atoms with Crippen LogP contribution in [0.15, 0.2) is 36.5 Å². The number of rotatable bonds is 5. The number of benzene rings is 1. The topological polar surface area (TPSA) is 109 Å². The zero-order chi connectivity index (χ0) is 22.0. The van der Waals surface area contributed by atoms with Gasteiger partial charge in [0.05, 0.1) is 18.3 Å². The second-order valence-corrected chi connectivity index (χ2v) is 8.07. The van der Waals surface area contributed by atoms with Crippen LogP contribution in [0.2, 0.25) is 0 Å². The summed E-state index contributed by atoms with van der Waals surface area (Å²) in [6, 6.07) is 9.52. The molecule has 0 radical (unpaired) electrons. The minimum Gasteiger partial charge on any atom is -0.453 e. The lowest BCUT2D eigenvalue weighted by Gasteiger charge is -2.41. The van der Waals surface area contributed by atoms with Gasteiger partial charge in [0.15, 0.2) is 11.4 Å². The van der Waals surface area contributed by atoms with Gasteiger partial charge in [-0.2, -0.15) is 0 Å². The molecule has 0 saturated carbocycles. The van der Waals surface area contributed by atoms with Crippen molar-refractivity contribution in [3.63, 3.8) is 0 Å². The summed E-state index contributed by atoms with van der Waals surface area (Å²) in [5, 5.41) is 6.07. The number of methoxy groups -OCH3 is 1. The maximum absolute atomic E-state index is 13.5. The molecule has 2 aromatic heterocycles. The predicted octanol–water partition coefficient (Wildman–Crippen LogP) is 2.91. The first kappa shape index (κ1) is 21.0. The van der Waals surface area contributed by atoms with Gasteiger partial charge in [-0.15, -0.1) is 0 Å². The fourth-order valence-corrected chi connectivity index (χ4v) is 4.37. The number of imidazole rings is 1. The standard InChI is InChI=1S/C23H27N5O3/c1-14-20-21(27-15(2)26-20)18(13-24-14)17-9-10-25-23(12-17,28-22(30)31-3)19(29)11-16-7-5-4-6-8-16/h4-8,13,17,25H,9-12H2,1-3H3,(H,26,27)(H,28,30). The third-order valence-corrected chi connectivity index (χ3v) is 5.95. The molecule has 1 aromatic carbocycles. The number of hydrogen-bond donors (Lipinski definition) is 3. The summed E-state index contributed by atoms with van der Waals surface area (Å²) in [6.45, 7) is 4.41. The van der Waals surface area contributed by atoms with E-state index < -0.39 is 11.8 Å². The molecule has 0 spiro atoms. The number of fused-ring (bicyclic) bond motifs is 1. The summed E-state index contributed by atoms with van der Waals surface area (Å²) in [6.07, 6.45) is 2.62. The molecule has 31 heavy (non-hydrogen) atoms. The van der Waals surface area contributed by atoms with Crippen molar-refractivity contribution < 1.29 is 14.3 Å². The second kappa shape index (κ2) is 8.47. The number of piperidine rings is 1. The molecular weight excluding hydrogens is 394 g/mol. The summed E-state index contributed by atoms with van der Waals surface area (Å²) < 4.78 is 4.84. The number of pyridine rings is 1. The molecule has 1 aliphatic rings. The van der Waals surface area contributed by atoms with Crippen molar-refractivity contribution in [3.05, 3.63) is 59.2 Å². The first-order valence-corrected chi connectivity index (χ1v) is 10.4. The Morgan fingerprint density at radius 2 is 2.03 bits per heavy atom. The number of alkyl carbamates (subject to hydrolysis) is 1. The van der Waals surface area contributed by atoms with Gasteiger partial charge in [-0.3, -0.25) is 20.4 Å². The van der Waals surface area contributed by atoms with Crippen molar-refractivity contribution in [1.82, 2.24) is 25.6 Å². The summed E-state index contributed by atoms with van der Waals surface area (Å²) in [5.41, 5.74) is 3.32. The van der Waals surface area contributed by atoms with E-state index in [1.165, 1.54) is 7.11 Å². The lowest BCUT2D eigenvalue weighted by molar-refractivity contribution is -0.127. The zero-order valence-electron chi connectivity index (χ0n) is 18.0. The summed E-state index contributed by atoms with van der Waals surface area (Å²) in [4.78, 5) is 38.1. The molecule has 162 valence electrons. The van der Waals surface area contributed by atoms with Crippen LogP contribution in [-0.4, -0.2) is 46.1 Å². The summed E-state index contributed by atoms with van der Waals surface area (Å²) >= 11 is 0. The van der Waals surface area contributed by atoms with E-state index >= 15 is 0 Å². The smallest absolute Gasteiger partial charge is 0.408 e. The van der Waals surface area contributed by atoms with Gasteiger partial charge in [0, 0.05) is 12.6 Å². The Labute approximate surface area is 180 Å². The van der Waals surface area contributed by atoms with Crippen molar-refractivity contribution in [3.8, 4) is 0 Å². The number of amides is 1. The van der Waals surface area contributed by atoms with Crippen LogP contribution in [0.25, 0.3) is 11.0 Å². The number of nitrogens with one attached hydrogen (secondary N) is 3. The SMILES string of the molecule is COC(=O)NC1(C(=O)Cc2ccccc2)CC(c2cnc(C)c3nc(C)[nH]c23)CCN1. The van der Waals surface area contributed by atoms with E-state index in [-0.39, 0.29) is 18.1 Å². The van der Waals surface area contributed by atoms with Gasteiger partial charge in [-0.1, -0.05) is 30.3 Å².